The van der Waals surface area contributed by atoms with Crippen molar-refractivity contribution in [3.05, 3.63) is 23.2 Å². The lowest BCUT2D eigenvalue weighted by Gasteiger charge is -2.19. The number of aliphatic hydroxyl groups excluding tert-OH is 1. The smallest absolute Gasteiger partial charge is 0.137 e. The van der Waals surface area contributed by atoms with Crippen LogP contribution in [-0.2, 0) is 4.74 Å². The summed E-state index contributed by atoms with van der Waals surface area (Å²) in [6.07, 6.45) is 0. The summed E-state index contributed by atoms with van der Waals surface area (Å²) in [5, 5.41) is 9.16. The standard InChI is InChI=1S/C12H18ClNO3/c1-14(5-7-17-8-6-15)10-3-4-12(16-2)11(13)9-10/h3-4,9,15H,5-8H2,1-2H3. The molecule has 0 aliphatic carbocycles. The molecule has 0 bridgehead atoms. The van der Waals surface area contributed by atoms with Crippen molar-refractivity contribution in [1.82, 2.24) is 0 Å². The molecule has 0 aliphatic heterocycles. The molecule has 0 spiro atoms. The molecule has 1 N–H and O–H groups in total. The number of aliphatic hydroxyl groups is 1. The van der Waals surface area contributed by atoms with E-state index in [-0.39, 0.29) is 6.61 Å². The maximum absolute atomic E-state index is 8.57. The van der Waals surface area contributed by atoms with Gasteiger partial charge in [0, 0.05) is 19.3 Å². The summed E-state index contributed by atoms with van der Waals surface area (Å²) in [7, 11) is 3.55. The van der Waals surface area contributed by atoms with Crippen LogP contribution >= 0.6 is 11.6 Å². The molecule has 0 atom stereocenters. The lowest BCUT2D eigenvalue weighted by atomic mass is 10.3. The third-order valence-electron chi connectivity index (χ3n) is 2.38. The van der Waals surface area contributed by atoms with Gasteiger partial charge in [-0.15, -0.1) is 0 Å². The molecule has 0 fully saturated rings. The highest BCUT2D eigenvalue weighted by molar-refractivity contribution is 6.32. The Balaban J connectivity index is 2.51. The molecule has 0 aliphatic rings. The Morgan fingerprint density at radius 3 is 2.71 bits per heavy atom. The first kappa shape index (κ1) is 14.1. The predicted octanol–water partition coefficient (Wildman–Crippen LogP) is 1.79. The average molecular weight is 260 g/mol. The molecular weight excluding hydrogens is 242 g/mol. The molecule has 0 saturated carbocycles. The summed E-state index contributed by atoms with van der Waals surface area (Å²) < 4.78 is 10.3. The van der Waals surface area contributed by atoms with Crippen LogP contribution in [0.25, 0.3) is 0 Å². The number of methoxy groups -OCH3 is 1. The summed E-state index contributed by atoms with van der Waals surface area (Å²) in [5.41, 5.74) is 1.00. The van der Waals surface area contributed by atoms with E-state index >= 15 is 0 Å². The number of likely N-dealkylation sites (N-methyl/N-ethyl adjacent to an activating group) is 1. The van der Waals surface area contributed by atoms with Gasteiger partial charge in [0.25, 0.3) is 0 Å². The van der Waals surface area contributed by atoms with Crippen molar-refractivity contribution in [2.45, 2.75) is 0 Å². The van der Waals surface area contributed by atoms with Gasteiger partial charge < -0.3 is 19.5 Å². The highest BCUT2D eigenvalue weighted by atomic mass is 35.5. The fourth-order valence-electron chi connectivity index (χ4n) is 1.39. The van der Waals surface area contributed by atoms with E-state index in [0.717, 1.165) is 12.2 Å². The van der Waals surface area contributed by atoms with Crippen molar-refractivity contribution >= 4 is 17.3 Å². The van der Waals surface area contributed by atoms with E-state index in [1.807, 2.05) is 30.1 Å². The van der Waals surface area contributed by atoms with Crippen LogP contribution in [0.1, 0.15) is 0 Å². The number of halogens is 1. The van der Waals surface area contributed by atoms with Crippen LogP contribution < -0.4 is 9.64 Å². The summed E-state index contributed by atoms with van der Waals surface area (Å²) >= 11 is 6.04. The molecule has 0 aromatic heterocycles. The second-order valence-electron chi connectivity index (χ2n) is 3.58. The van der Waals surface area contributed by atoms with E-state index in [2.05, 4.69) is 0 Å². The van der Waals surface area contributed by atoms with E-state index < -0.39 is 0 Å². The molecule has 96 valence electrons. The normalized spacial score (nSPS) is 10.4. The first-order valence-electron chi connectivity index (χ1n) is 5.42. The Bertz CT molecular complexity index is 347. The monoisotopic (exact) mass is 259 g/mol. The second kappa shape index (κ2) is 7.37. The van der Waals surface area contributed by atoms with E-state index in [0.29, 0.717) is 24.0 Å². The van der Waals surface area contributed by atoms with Gasteiger partial charge in [-0.3, -0.25) is 0 Å². The number of hydrogen-bond acceptors (Lipinski definition) is 4. The number of ether oxygens (including phenoxy) is 2. The summed E-state index contributed by atoms with van der Waals surface area (Å²) in [5.74, 6) is 0.667. The first-order chi connectivity index (χ1) is 8.19. The molecule has 17 heavy (non-hydrogen) atoms. The van der Waals surface area contributed by atoms with Gasteiger partial charge >= 0.3 is 0 Å². The summed E-state index contributed by atoms with van der Waals surface area (Å²) in [6, 6.07) is 5.63. The molecule has 0 radical (unpaired) electrons. The van der Waals surface area contributed by atoms with Crippen LogP contribution in [0.5, 0.6) is 5.75 Å². The SMILES string of the molecule is COc1ccc(N(C)CCOCCO)cc1Cl. The third-order valence-corrected chi connectivity index (χ3v) is 2.68. The van der Waals surface area contributed by atoms with Crippen LogP contribution in [0.3, 0.4) is 0 Å². The number of rotatable bonds is 7. The maximum atomic E-state index is 8.57. The second-order valence-corrected chi connectivity index (χ2v) is 3.98. The van der Waals surface area contributed by atoms with E-state index in [9.17, 15) is 0 Å². The quantitative estimate of drug-likeness (QED) is 0.758. The largest absolute Gasteiger partial charge is 0.495 e. The van der Waals surface area contributed by atoms with Crippen LogP contribution in [-0.4, -0.2) is 45.6 Å². The number of nitrogens with zero attached hydrogens (tertiary/aromatic N) is 1. The van der Waals surface area contributed by atoms with Crippen molar-refractivity contribution in [2.24, 2.45) is 0 Å². The van der Waals surface area contributed by atoms with Crippen molar-refractivity contribution in [1.29, 1.82) is 0 Å². The minimum Gasteiger partial charge on any atom is -0.495 e. The zero-order valence-electron chi connectivity index (χ0n) is 10.1. The molecule has 0 saturated heterocycles. The minimum absolute atomic E-state index is 0.0536. The predicted molar refractivity (Wildman–Crippen MR) is 69.2 cm³/mol. The van der Waals surface area contributed by atoms with Gasteiger partial charge in [-0.25, -0.2) is 0 Å². The Labute approximate surface area is 107 Å². The number of hydrogen-bond donors (Lipinski definition) is 1. The first-order valence-corrected chi connectivity index (χ1v) is 5.80. The Kier molecular flexibility index (Phi) is 6.11. The Hall–Kier alpha value is -0.970. The fraction of sp³-hybridized carbons (Fsp3) is 0.500. The molecule has 0 unspecified atom stereocenters. The van der Waals surface area contributed by atoms with Gasteiger partial charge in [0.2, 0.25) is 0 Å². The molecule has 4 nitrogen and oxygen atoms in total. The summed E-state index contributed by atoms with van der Waals surface area (Å²) in [6.45, 7) is 1.73. The van der Waals surface area contributed by atoms with Crippen LogP contribution in [0.2, 0.25) is 5.02 Å². The third kappa shape index (κ3) is 4.42. The highest BCUT2D eigenvalue weighted by Gasteiger charge is 2.05. The number of anilines is 1. The van der Waals surface area contributed by atoms with Gasteiger partial charge in [0.05, 0.1) is 32.0 Å². The fourth-order valence-corrected chi connectivity index (χ4v) is 1.64. The average Bonchev–Trinajstić information content (AvgIpc) is 2.34. The van der Waals surface area contributed by atoms with Gasteiger partial charge in [0.15, 0.2) is 0 Å². The maximum Gasteiger partial charge on any atom is 0.137 e. The van der Waals surface area contributed by atoms with Crippen LogP contribution in [0, 0.1) is 0 Å². The zero-order valence-corrected chi connectivity index (χ0v) is 10.9. The lowest BCUT2D eigenvalue weighted by Crippen LogP contribution is -2.23. The molecule has 5 heteroatoms. The van der Waals surface area contributed by atoms with Crippen molar-refractivity contribution in [3.63, 3.8) is 0 Å². The van der Waals surface area contributed by atoms with E-state index in [1.54, 1.807) is 7.11 Å². The Morgan fingerprint density at radius 2 is 2.12 bits per heavy atom. The van der Waals surface area contributed by atoms with Crippen molar-refractivity contribution < 1.29 is 14.6 Å². The summed E-state index contributed by atoms with van der Waals surface area (Å²) in [4.78, 5) is 2.03. The molecule has 1 aromatic carbocycles. The zero-order chi connectivity index (χ0) is 12.7. The van der Waals surface area contributed by atoms with Crippen molar-refractivity contribution in [3.8, 4) is 5.75 Å². The van der Waals surface area contributed by atoms with Gasteiger partial charge in [-0.05, 0) is 18.2 Å². The Morgan fingerprint density at radius 1 is 1.35 bits per heavy atom. The highest BCUT2D eigenvalue weighted by Crippen LogP contribution is 2.28. The molecule has 1 aromatic rings. The van der Waals surface area contributed by atoms with E-state index in [1.165, 1.54) is 0 Å². The molecule has 0 heterocycles. The van der Waals surface area contributed by atoms with Crippen LogP contribution in [0.15, 0.2) is 18.2 Å². The topological polar surface area (TPSA) is 41.9 Å². The van der Waals surface area contributed by atoms with Gasteiger partial charge in [-0.2, -0.15) is 0 Å². The number of benzene rings is 1. The lowest BCUT2D eigenvalue weighted by molar-refractivity contribution is 0.0971. The van der Waals surface area contributed by atoms with Gasteiger partial charge in [-0.1, -0.05) is 11.6 Å². The van der Waals surface area contributed by atoms with Gasteiger partial charge in [0.1, 0.15) is 5.75 Å². The van der Waals surface area contributed by atoms with Crippen LogP contribution in [0.4, 0.5) is 5.69 Å². The molecule has 0 amide bonds. The minimum atomic E-state index is 0.0536. The van der Waals surface area contributed by atoms with E-state index in [4.69, 9.17) is 26.2 Å². The van der Waals surface area contributed by atoms with Crippen molar-refractivity contribution in [2.75, 3.05) is 45.4 Å². The molecule has 1 rings (SSSR count). The molecular formula is C12H18ClNO3.